The van der Waals surface area contributed by atoms with Gasteiger partial charge in [-0.3, -0.25) is 0 Å². The van der Waals surface area contributed by atoms with Gasteiger partial charge >= 0.3 is 120 Å². The van der Waals surface area contributed by atoms with Gasteiger partial charge in [0.1, 0.15) is 0 Å². The molecule has 0 bridgehead atoms. The Hall–Kier alpha value is -1.72. The van der Waals surface area contributed by atoms with Crippen LogP contribution in [0.25, 0.3) is 0 Å². The number of hydrogen-bond acceptors (Lipinski definition) is 2. The molecule has 1 amide bonds. The Balaban J connectivity index is 2.10. The van der Waals surface area contributed by atoms with Gasteiger partial charge in [-0.2, -0.15) is 0 Å². The van der Waals surface area contributed by atoms with Crippen LogP contribution in [0.4, 0.5) is 19.3 Å². The molecular formula is C13H8F2NO2Ti. The summed E-state index contributed by atoms with van der Waals surface area (Å²) in [6.07, 6.45) is -0.837. The Morgan fingerprint density at radius 2 is 1.79 bits per heavy atom. The fourth-order valence-electron chi connectivity index (χ4n) is 1.38. The van der Waals surface area contributed by atoms with E-state index in [9.17, 15) is 13.6 Å². The summed E-state index contributed by atoms with van der Waals surface area (Å²) in [5, 5.41) is 2.22. The predicted octanol–water partition coefficient (Wildman–Crippen LogP) is 2.75. The number of anilines is 1. The third kappa shape index (κ3) is 3.39. The van der Waals surface area contributed by atoms with Crippen LogP contribution in [0.15, 0.2) is 42.5 Å². The summed E-state index contributed by atoms with van der Waals surface area (Å²) < 4.78 is 31.5. The van der Waals surface area contributed by atoms with Crippen molar-refractivity contribution in [1.82, 2.24) is 0 Å². The van der Waals surface area contributed by atoms with Gasteiger partial charge in [-0.25, -0.2) is 0 Å². The first kappa shape index (κ1) is 13.7. The average molecular weight is 296 g/mol. The molecule has 0 atom stereocenters. The van der Waals surface area contributed by atoms with Gasteiger partial charge in [0.15, 0.2) is 0 Å². The molecule has 0 radical (unpaired) electrons. The number of nitrogens with one attached hydrogen (secondary N) is 1. The molecule has 0 aliphatic carbocycles. The van der Waals surface area contributed by atoms with Crippen LogP contribution in [0, 0.1) is 11.6 Å². The fourth-order valence-corrected chi connectivity index (χ4v) is 1.72. The van der Waals surface area contributed by atoms with Gasteiger partial charge in [0.05, 0.1) is 0 Å². The number of para-hydroxylation sites is 1. The van der Waals surface area contributed by atoms with Crippen molar-refractivity contribution in [2.75, 3.05) is 5.32 Å². The number of ether oxygens (including phenoxy) is 1. The zero-order chi connectivity index (χ0) is 13.8. The standard InChI is InChI=1S/C13H8F2NO2.Ti/c14-9-6-7-12(11(15)8-9)16-13(17)18-10-4-2-1-3-5-10;/h1-7H,(H,16,17);. The molecule has 2 rings (SSSR count). The molecule has 19 heavy (non-hydrogen) atoms. The molecule has 0 saturated carbocycles. The minimum atomic E-state index is -0.837. The number of benzene rings is 2. The van der Waals surface area contributed by atoms with Gasteiger partial charge in [0.2, 0.25) is 0 Å². The average Bonchev–Trinajstić information content (AvgIpc) is 2.41. The number of halogens is 2. The van der Waals surface area contributed by atoms with Crippen LogP contribution in [0.2, 0.25) is 0 Å². The van der Waals surface area contributed by atoms with E-state index >= 15 is 0 Å². The van der Waals surface area contributed by atoms with Gasteiger partial charge in [-0.1, -0.05) is 0 Å². The molecule has 2 aromatic rings. The van der Waals surface area contributed by atoms with E-state index in [1.165, 1.54) is 20.4 Å². The molecule has 1 N–H and O–H groups in total. The molecule has 0 aliphatic heterocycles. The summed E-state index contributed by atoms with van der Waals surface area (Å²) in [4.78, 5) is 11.5. The summed E-state index contributed by atoms with van der Waals surface area (Å²) in [6, 6.07) is 10.6. The topological polar surface area (TPSA) is 38.3 Å². The molecule has 0 heterocycles. The Morgan fingerprint density at radius 3 is 2.47 bits per heavy atom. The molecule has 6 heteroatoms. The van der Waals surface area contributed by atoms with Crippen molar-refractivity contribution in [1.29, 1.82) is 0 Å². The van der Waals surface area contributed by atoms with E-state index in [4.69, 9.17) is 4.74 Å². The molecule has 95 valence electrons. The third-order valence-corrected chi connectivity index (χ3v) is 3.00. The second kappa shape index (κ2) is 5.95. The quantitative estimate of drug-likeness (QED) is 0.865. The predicted molar refractivity (Wildman–Crippen MR) is 62.1 cm³/mol. The van der Waals surface area contributed by atoms with Crippen molar-refractivity contribution < 1.29 is 38.7 Å². The van der Waals surface area contributed by atoms with E-state index in [1.807, 2.05) is 0 Å². The first-order chi connectivity index (χ1) is 9.08. The first-order valence-electron chi connectivity index (χ1n) is 5.31. The zero-order valence-corrected chi connectivity index (χ0v) is 11.2. The number of rotatable bonds is 2. The van der Waals surface area contributed by atoms with Crippen molar-refractivity contribution in [2.24, 2.45) is 0 Å². The van der Waals surface area contributed by atoms with Crippen molar-refractivity contribution in [3.05, 3.63) is 54.1 Å². The zero-order valence-electron chi connectivity index (χ0n) is 9.61. The van der Waals surface area contributed by atoms with E-state index < -0.39 is 17.7 Å². The van der Waals surface area contributed by atoms with Crippen molar-refractivity contribution in [3.63, 3.8) is 0 Å². The number of carbonyl (C=O) groups excluding carboxylic acids is 1. The molecule has 0 aromatic heterocycles. The number of amides is 1. The summed E-state index contributed by atoms with van der Waals surface area (Å²) >= 11 is 1.29. The third-order valence-electron chi connectivity index (χ3n) is 2.28. The van der Waals surface area contributed by atoms with Crippen LogP contribution in [0.1, 0.15) is 0 Å². The Morgan fingerprint density at radius 1 is 1.11 bits per heavy atom. The van der Waals surface area contributed by atoms with Gasteiger partial charge in [-0.15, -0.1) is 0 Å². The Labute approximate surface area is 120 Å². The normalized spacial score (nSPS) is 9.95. The summed E-state index contributed by atoms with van der Waals surface area (Å²) in [6.45, 7) is 0. The molecule has 0 spiro atoms. The van der Waals surface area contributed by atoms with Crippen LogP contribution in [-0.2, 0) is 20.4 Å². The maximum absolute atomic E-state index is 13.7. The van der Waals surface area contributed by atoms with E-state index in [2.05, 4.69) is 5.32 Å². The van der Waals surface area contributed by atoms with Crippen LogP contribution in [-0.4, -0.2) is 6.09 Å². The van der Waals surface area contributed by atoms with E-state index in [0.29, 0.717) is 5.75 Å². The van der Waals surface area contributed by atoms with E-state index in [1.54, 1.807) is 30.3 Å². The van der Waals surface area contributed by atoms with Gasteiger partial charge in [-0.05, 0) is 0 Å². The second-order valence-electron chi connectivity index (χ2n) is 3.61. The molecule has 0 aliphatic rings. The van der Waals surface area contributed by atoms with Crippen molar-refractivity contribution >= 4 is 15.6 Å². The maximum atomic E-state index is 13.7. The molecule has 0 saturated heterocycles. The van der Waals surface area contributed by atoms with Crippen LogP contribution in [0.5, 0.6) is 5.75 Å². The Bertz CT molecular complexity index is 605. The summed E-state index contributed by atoms with van der Waals surface area (Å²) in [5.41, 5.74) is -0.125. The van der Waals surface area contributed by atoms with Crippen LogP contribution in [0.3, 0.4) is 0 Å². The molecule has 3 nitrogen and oxygen atoms in total. The molecule has 0 fully saturated rings. The summed E-state index contributed by atoms with van der Waals surface area (Å²) in [7, 11) is 0. The molecule has 2 aromatic carbocycles. The number of hydrogen-bond donors (Lipinski definition) is 1. The van der Waals surface area contributed by atoms with Gasteiger partial charge in [0, 0.05) is 0 Å². The van der Waals surface area contributed by atoms with Gasteiger partial charge < -0.3 is 0 Å². The van der Waals surface area contributed by atoms with Crippen molar-refractivity contribution in [3.8, 4) is 5.75 Å². The molecule has 0 unspecified atom stereocenters. The monoisotopic (exact) mass is 296 g/mol. The molecular weight excluding hydrogens is 288 g/mol. The van der Waals surface area contributed by atoms with Crippen molar-refractivity contribution in [2.45, 2.75) is 0 Å². The fraction of sp³-hybridized carbons (Fsp3) is 0. The minimum absolute atomic E-state index is 0.125. The van der Waals surface area contributed by atoms with Gasteiger partial charge in [0.25, 0.3) is 0 Å². The number of carbonyl (C=O) groups is 1. The second-order valence-corrected chi connectivity index (χ2v) is 4.39. The van der Waals surface area contributed by atoms with Crippen LogP contribution < -0.4 is 13.9 Å². The Kier molecular flexibility index (Phi) is 4.29. The van der Waals surface area contributed by atoms with Crippen LogP contribution >= 0.6 is 0 Å². The van der Waals surface area contributed by atoms with E-state index in [0.717, 1.165) is 12.1 Å². The SMILES string of the molecule is O=C(Nc1ccc(F)[c]([Ti])c1F)Oc1ccccc1. The first-order valence-corrected chi connectivity index (χ1v) is 6.09. The van der Waals surface area contributed by atoms with E-state index in [-0.39, 0.29) is 9.56 Å². The summed E-state index contributed by atoms with van der Waals surface area (Å²) in [5.74, 6) is -1.15.